The number of hydrogen-bond donors (Lipinski definition) is 10. The first kappa shape index (κ1) is 105. The van der Waals surface area contributed by atoms with E-state index < -0.39 is 66.5 Å². The molecule has 5 aliphatic rings. The van der Waals surface area contributed by atoms with Crippen LogP contribution in [0.15, 0.2) is 132 Å². The second-order valence-corrected chi connectivity index (χ2v) is 43.4. The molecule has 13 N–H and O–H groups in total. The van der Waals surface area contributed by atoms with Crippen molar-refractivity contribution < 1.29 is 58.6 Å². The number of aromatic nitrogens is 12. The highest BCUT2D eigenvalue weighted by Gasteiger charge is 2.35. The van der Waals surface area contributed by atoms with Gasteiger partial charge in [-0.05, 0) is 213 Å². The third-order valence-electron chi connectivity index (χ3n) is 24.5. The molecular formula is C97H124Cl3F3N22O10S2. The van der Waals surface area contributed by atoms with Gasteiger partial charge in [-0.25, -0.2) is 97.2 Å². The number of amides is 3. The number of carbonyl (C=O) groups excluding carboxylic acids is 3. The lowest BCUT2D eigenvalue weighted by atomic mass is 9.84. The van der Waals surface area contributed by atoms with Crippen LogP contribution in [-0.4, -0.2) is 166 Å². The lowest BCUT2D eigenvalue weighted by Crippen LogP contribution is -2.46. The van der Waals surface area contributed by atoms with E-state index in [0.29, 0.717) is 86.5 Å². The highest BCUT2D eigenvalue weighted by atomic mass is 35.5. The molecule has 40 heteroatoms. The van der Waals surface area contributed by atoms with Crippen molar-refractivity contribution in [3.8, 4) is 40.2 Å². The van der Waals surface area contributed by atoms with Gasteiger partial charge in [0.2, 0.25) is 0 Å². The number of rotatable bonds is 20. The average Bonchev–Trinajstić information content (AvgIpc) is 1.59. The number of nitrogens with zero attached hydrogens (tertiary/aromatic N) is 12. The molecule has 5 unspecified atom stereocenters. The quantitative estimate of drug-likeness (QED) is 0.0317. The Labute approximate surface area is 812 Å². The van der Waals surface area contributed by atoms with Crippen molar-refractivity contribution >= 4 is 124 Å². The second kappa shape index (κ2) is 46.6. The fraction of sp³-hybridized carbons (Fsp3) is 0.495. The van der Waals surface area contributed by atoms with Gasteiger partial charge in [0.05, 0.1) is 55.4 Å². The Balaban J connectivity index is 0.000000162. The van der Waals surface area contributed by atoms with E-state index in [1.54, 1.807) is 87.8 Å². The first-order valence-corrected chi connectivity index (χ1v) is 50.5. The molecule has 736 valence electrons. The van der Waals surface area contributed by atoms with Gasteiger partial charge < -0.3 is 68.3 Å². The maximum absolute atomic E-state index is 14.9. The predicted octanol–water partition coefficient (Wildman–Crippen LogP) is 19.5. The predicted molar refractivity (Wildman–Crippen MR) is 526 cm³/mol. The van der Waals surface area contributed by atoms with E-state index >= 15 is 0 Å². The Morgan fingerprint density at radius 2 is 0.796 bits per heavy atom. The molecule has 0 radical (unpaired) electrons. The molecule has 32 nitrogen and oxygen atoms in total. The number of nitrogens with two attached hydrogens (primary N) is 3. The molecule has 2 aromatic carbocycles. The molecule has 0 bridgehead atoms. The van der Waals surface area contributed by atoms with Crippen LogP contribution in [0.25, 0.3) is 67.3 Å². The molecule has 11 aromatic rings. The molecule has 0 saturated heterocycles. The lowest BCUT2D eigenvalue weighted by molar-refractivity contribution is 0.0460. The van der Waals surface area contributed by atoms with Gasteiger partial charge in [0.1, 0.15) is 22.5 Å². The van der Waals surface area contributed by atoms with E-state index in [9.17, 15) is 44.4 Å². The monoisotopic (exact) mass is 1980 g/mol. The molecule has 137 heavy (non-hydrogen) atoms. The van der Waals surface area contributed by atoms with Crippen LogP contribution in [0.1, 0.15) is 202 Å². The van der Waals surface area contributed by atoms with Gasteiger partial charge in [-0.3, -0.25) is 0 Å². The maximum Gasteiger partial charge on any atom is 0.407 e. The molecule has 5 aliphatic carbocycles. The van der Waals surface area contributed by atoms with E-state index in [0.717, 1.165) is 152 Å². The Kier molecular flexibility index (Phi) is 35.6. The van der Waals surface area contributed by atoms with Crippen molar-refractivity contribution in [2.24, 2.45) is 46.8 Å². The molecular weight excluding hydrogens is 1860 g/mol. The topological polar surface area (TPSA) is 463 Å². The molecule has 9 heterocycles. The van der Waals surface area contributed by atoms with Gasteiger partial charge in [-0.2, -0.15) is 5.26 Å². The minimum absolute atomic E-state index is 0.0173. The molecule has 10 atom stereocenters. The fourth-order valence-electron chi connectivity index (χ4n) is 17.3. The van der Waals surface area contributed by atoms with Crippen LogP contribution in [-0.2, 0) is 34.3 Å². The molecule has 5 fully saturated rings. The van der Waals surface area contributed by atoms with E-state index in [2.05, 4.69) is 87.8 Å². The zero-order valence-electron chi connectivity index (χ0n) is 79.1. The number of carbonyl (C=O) groups is 3. The summed E-state index contributed by atoms with van der Waals surface area (Å²) in [6, 6.07) is 20.4. The van der Waals surface area contributed by atoms with E-state index in [-0.39, 0.29) is 104 Å². The molecule has 16 rings (SSSR count). The summed E-state index contributed by atoms with van der Waals surface area (Å²) in [6.07, 6.45) is 31.4. The van der Waals surface area contributed by atoms with Gasteiger partial charge in [0.15, 0.2) is 63.7 Å². The summed E-state index contributed by atoms with van der Waals surface area (Å²) in [7, 11) is -8.01. The zero-order chi connectivity index (χ0) is 98.8. The number of aryl methyl sites for hydroxylation is 2. The van der Waals surface area contributed by atoms with Crippen LogP contribution >= 0.6 is 34.8 Å². The Morgan fingerprint density at radius 1 is 0.460 bits per heavy atom. The van der Waals surface area contributed by atoms with Crippen LogP contribution in [0, 0.1) is 72.2 Å². The number of pyridine rings is 3. The smallest absolute Gasteiger partial charge is 0.407 e. The van der Waals surface area contributed by atoms with E-state index in [1.165, 1.54) is 62.4 Å². The van der Waals surface area contributed by atoms with Crippen LogP contribution in [0.3, 0.4) is 0 Å². The molecule has 9 aromatic heterocycles. The third-order valence-corrected chi connectivity index (χ3v) is 28.4. The summed E-state index contributed by atoms with van der Waals surface area (Å²) < 4.78 is 116. The van der Waals surface area contributed by atoms with Gasteiger partial charge in [0, 0.05) is 120 Å². The number of fused-ring (bicyclic) bond motifs is 3. The fourth-order valence-corrected chi connectivity index (χ4v) is 20.4. The summed E-state index contributed by atoms with van der Waals surface area (Å²) in [5.41, 5.74) is 20.8. The molecule has 0 aliphatic heterocycles. The number of halogens is 6. The second-order valence-electron chi connectivity index (χ2n) is 38.4. The summed E-state index contributed by atoms with van der Waals surface area (Å²) in [5, 5.41) is 29.7. The number of benzene rings is 2. The normalized spacial score (nSPS) is 20.3. The average molecular weight is 1990 g/mol. The van der Waals surface area contributed by atoms with E-state index in [1.807, 2.05) is 55.4 Å². The highest BCUT2D eigenvalue weighted by molar-refractivity contribution is 7.90. The summed E-state index contributed by atoms with van der Waals surface area (Å²) in [5.74, 6) is 0.0210. The van der Waals surface area contributed by atoms with Crippen molar-refractivity contribution in [1.82, 2.24) is 73.7 Å². The standard InChI is InChI=1S/C30H34ClFN6O4S.C25H26ClFN6O2S.C18H20ClFN6.C12H24N2O2.C12H20N2O2/c1-18-9-11-21(12-10-18)43(40,41)38-17-23(22-13-20(31)15-35-28(22)38)26-34-16-24(32)27(37-26)33-14-19-7-5-6-8-25(19)36-29(39)42-30(2,3)4;1-15-6-8-18(9-7-15)36(34,35)33-14-20(19-10-17(26)12-31-25(19)33)23-30-13-21(27)24(32-23)29-11-16-4-2-3-5-22(16)28;19-11-5-12-13(8-24-16(12)23-7-11)17-25-9-14(20)18(26-17)22-6-10-3-1-2-4-15(10)21;2*1-12(2,3)16-11(15)14-10-7-5-4-6-9(10)8-13/h9-13,15-17,19,25H,5-8,14H2,1-4H3,(H,36,39)(H,33,34,37);6-10,12-14,16,22H,2-5,11,28H2,1H3,(H,29,30,32);5,7-10,15H,1-4,6,21H2,(H,23,24)(H,22,25,26);9-10H,4-8,13H2,1-3H3,(H,14,15);9-10H,4-7H2,1-3H3,(H,14,15)/t19?,25-;16?,22-;10?,15-;2*9?,10-/m11111/s1. The minimum atomic E-state index is -4.03. The van der Waals surface area contributed by atoms with Crippen LogP contribution in [0.4, 0.5) is 45.0 Å². The van der Waals surface area contributed by atoms with Crippen molar-refractivity contribution in [3.63, 3.8) is 0 Å². The SMILES string of the molecule is CC(C)(C)OC(=O)N[C@@H]1CCCCC1C#N.CC(C)(C)OC(=O)N[C@@H]1CCCCC1CN.Cc1ccc(S(=O)(=O)n2cc(-c3ncc(F)c(NCC4CCCC[C@H]4N)n3)c3cc(Cl)cnc32)cc1.Cc1ccc(S(=O)(=O)n2cc(-c3ncc(F)c(NCC4CCCC[C@H]4NC(=O)OC(C)(C)C)n3)c3cc(Cl)cnc32)cc1.N[C@@H]1CCCCC1CNc1nc(-c2c[nH]c3ncc(Cl)cc23)ncc1F. The third kappa shape index (κ3) is 28.6. The number of nitriles is 1. The number of ether oxygens (including phenoxy) is 3. The number of H-pyrrole nitrogens is 1. The number of nitrogens with one attached hydrogen (secondary N) is 7. The Morgan fingerprint density at radius 3 is 1.19 bits per heavy atom. The Hall–Kier alpha value is -11.1. The number of alkyl carbamates (subject to hydrolysis) is 3. The number of anilines is 3. The molecule has 5 saturated carbocycles. The van der Waals surface area contributed by atoms with Gasteiger partial charge >= 0.3 is 18.3 Å². The van der Waals surface area contributed by atoms with Crippen LogP contribution in [0.2, 0.25) is 15.1 Å². The first-order chi connectivity index (χ1) is 65.0. The van der Waals surface area contributed by atoms with E-state index in [4.69, 9.17) is 71.5 Å². The van der Waals surface area contributed by atoms with Gasteiger partial charge in [-0.15, -0.1) is 0 Å². The number of hydrogen-bond acceptors (Lipinski definition) is 26. The lowest BCUT2D eigenvalue weighted by Gasteiger charge is -2.33. The van der Waals surface area contributed by atoms with Crippen molar-refractivity contribution in [3.05, 3.63) is 166 Å². The zero-order valence-corrected chi connectivity index (χ0v) is 83.0. The maximum atomic E-state index is 14.9. The molecule has 3 amide bonds. The van der Waals surface area contributed by atoms with Crippen molar-refractivity contribution in [2.45, 2.75) is 261 Å². The summed E-state index contributed by atoms with van der Waals surface area (Å²) >= 11 is 18.5. The minimum Gasteiger partial charge on any atom is -0.444 e. The first-order valence-electron chi connectivity index (χ1n) is 46.5. The Bertz CT molecular complexity index is 6290. The summed E-state index contributed by atoms with van der Waals surface area (Å²) in [6.45, 7) is 22.3. The van der Waals surface area contributed by atoms with Crippen molar-refractivity contribution in [2.75, 3.05) is 42.1 Å². The number of aromatic amines is 1. The highest BCUT2D eigenvalue weighted by Crippen LogP contribution is 2.39. The largest absolute Gasteiger partial charge is 0.444 e. The van der Waals surface area contributed by atoms with Gasteiger partial charge in [0.25, 0.3) is 20.0 Å². The van der Waals surface area contributed by atoms with Crippen LogP contribution < -0.4 is 49.1 Å². The molecule has 0 spiro atoms. The summed E-state index contributed by atoms with van der Waals surface area (Å²) in [4.78, 5) is 77.3. The van der Waals surface area contributed by atoms with Crippen LogP contribution in [0.5, 0.6) is 0 Å². The van der Waals surface area contributed by atoms with Crippen molar-refractivity contribution in [1.29, 1.82) is 5.26 Å². The van der Waals surface area contributed by atoms with Gasteiger partial charge in [-0.1, -0.05) is 134 Å².